The Bertz CT molecular complexity index is 737. The molecule has 0 aliphatic carbocycles. The van der Waals surface area contributed by atoms with Crippen molar-refractivity contribution in [2.45, 2.75) is 13.0 Å². The van der Waals surface area contributed by atoms with Crippen LogP contribution in [0.4, 0.5) is 0 Å². The van der Waals surface area contributed by atoms with E-state index in [2.05, 4.69) is 42.7 Å². The molecule has 0 aliphatic heterocycles. The van der Waals surface area contributed by atoms with Gasteiger partial charge in [0.25, 0.3) is 0 Å². The predicted octanol–water partition coefficient (Wildman–Crippen LogP) is 3.10. The first kappa shape index (κ1) is 12.8. The largest absolute Gasteiger partial charge is 0.271 e. The molecule has 20 heavy (non-hydrogen) atoms. The van der Waals surface area contributed by atoms with E-state index in [9.17, 15) is 0 Å². The van der Waals surface area contributed by atoms with Gasteiger partial charge in [-0.15, -0.1) is 0 Å². The second-order valence-electron chi connectivity index (χ2n) is 4.94. The van der Waals surface area contributed by atoms with E-state index in [0.717, 1.165) is 22.2 Å². The van der Waals surface area contributed by atoms with E-state index in [0.29, 0.717) is 0 Å². The van der Waals surface area contributed by atoms with Crippen molar-refractivity contribution < 1.29 is 0 Å². The second kappa shape index (κ2) is 5.41. The highest BCUT2D eigenvalue weighted by atomic mass is 15.2. The van der Waals surface area contributed by atoms with Gasteiger partial charge in [-0.3, -0.25) is 10.8 Å². The molecule has 0 fully saturated rings. The molecule has 3 rings (SSSR count). The summed E-state index contributed by atoms with van der Waals surface area (Å²) in [4.78, 5) is 4.71. The first-order valence-electron chi connectivity index (χ1n) is 6.66. The van der Waals surface area contributed by atoms with E-state index < -0.39 is 0 Å². The number of nitrogens with one attached hydrogen (secondary N) is 1. The highest BCUT2D eigenvalue weighted by molar-refractivity contribution is 5.78. The van der Waals surface area contributed by atoms with Crippen molar-refractivity contribution >= 4 is 10.9 Å². The van der Waals surface area contributed by atoms with Crippen LogP contribution in [0.5, 0.6) is 0 Å². The third-order valence-corrected chi connectivity index (χ3v) is 3.46. The zero-order valence-electron chi connectivity index (χ0n) is 11.4. The SMILES string of the molecule is Cc1cccc(C(NN)c2ccc3ccccc3n2)c1. The second-order valence-corrected chi connectivity index (χ2v) is 4.94. The molecule has 1 aromatic heterocycles. The van der Waals surface area contributed by atoms with Crippen LogP contribution in [0.15, 0.2) is 60.7 Å². The van der Waals surface area contributed by atoms with Crippen LogP contribution in [0.3, 0.4) is 0 Å². The molecule has 100 valence electrons. The van der Waals surface area contributed by atoms with Gasteiger partial charge in [0.2, 0.25) is 0 Å². The lowest BCUT2D eigenvalue weighted by molar-refractivity contribution is 0.622. The van der Waals surface area contributed by atoms with Gasteiger partial charge in [0.1, 0.15) is 0 Å². The topological polar surface area (TPSA) is 50.9 Å². The number of hydrazine groups is 1. The molecule has 3 nitrogen and oxygen atoms in total. The molecule has 0 spiro atoms. The molecule has 1 heterocycles. The van der Waals surface area contributed by atoms with E-state index in [-0.39, 0.29) is 6.04 Å². The van der Waals surface area contributed by atoms with Crippen molar-refractivity contribution in [1.29, 1.82) is 0 Å². The fourth-order valence-electron chi connectivity index (χ4n) is 2.44. The maximum absolute atomic E-state index is 5.74. The van der Waals surface area contributed by atoms with Crippen LogP contribution in [0.2, 0.25) is 0 Å². The van der Waals surface area contributed by atoms with Crippen LogP contribution in [-0.2, 0) is 0 Å². The maximum Gasteiger partial charge on any atom is 0.0881 e. The molecule has 3 aromatic rings. The normalized spacial score (nSPS) is 12.5. The first-order valence-corrected chi connectivity index (χ1v) is 6.66. The lowest BCUT2D eigenvalue weighted by atomic mass is 10.0. The van der Waals surface area contributed by atoms with Gasteiger partial charge >= 0.3 is 0 Å². The third kappa shape index (κ3) is 2.41. The standard InChI is InChI=1S/C17H17N3/c1-12-5-4-7-14(11-12)17(20-18)16-10-9-13-6-2-3-8-15(13)19-16/h2-11,17,20H,18H2,1H3. The molecule has 3 N–H and O–H groups in total. The highest BCUT2D eigenvalue weighted by Crippen LogP contribution is 2.22. The number of pyridine rings is 1. The fraction of sp³-hybridized carbons (Fsp3) is 0.118. The molecule has 0 aliphatic rings. The fourth-order valence-corrected chi connectivity index (χ4v) is 2.44. The summed E-state index contributed by atoms with van der Waals surface area (Å²) in [5.41, 5.74) is 7.11. The van der Waals surface area contributed by atoms with Gasteiger partial charge in [0.05, 0.1) is 17.3 Å². The lowest BCUT2D eigenvalue weighted by Gasteiger charge is -2.17. The minimum atomic E-state index is -0.0977. The Balaban J connectivity index is 2.07. The van der Waals surface area contributed by atoms with Crippen LogP contribution in [-0.4, -0.2) is 4.98 Å². The Labute approximate surface area is 118 Å². The Kier molecular flexibility index (Phi) is 3.46. The molecule has 0 radical (unpaired) electrons. The number of aryl methyl sites for hydroxylation is 1. The number of nitrogens with two attached hydrogens (primary N) is 1. The molecule has 0 amide bonds. The summed E-state index contributed by atoms with van der Waals surface area (Å²) >= 11 is 0. The van der Waals surface area contributed by atoms with E-state index in [4.69, 9.17) is 10.8 Å². The number of hydrogen-bond donors (Lipinski definition) is 2. The zero-order valence-corrected chi connectivity index (χ0v) is 11.4. The van der Waals surface area contributed by atoms with Gasteiger partial charge in [-0.05, 0) is 24.6 Å². The van der Waals surface area contributed by atoms with Crippen molar-refractivity contribution in [3.05, 3.63) is 77.5 Å². The molecular weight excluding hydrogens is 246 g/mol. The van der Waals surface area contributed by atoms with Crippen molar-refractivity contribution in [2.75, 3.05) is 0 Å². The van der Waals surface area contributed by atoms with Crippen LogP contribution >= 0.6 is 0 Å². The van der Waals surface area contributed by atoms with Crippen molar-refractivity contribution in [2.24, 2.45) is 5.84 Å². The van der Waals surface area contributed by atoms with Gasteiger partial charge in [0.15, 0.2) is 0 Å². The number of benzene rings is 2. The minimum Gasteiger partial charge on any atom is -0.271 e. The molecule has 1 atom stereocenters. The van der Waals surface area contributed by atoms with E-state index in [1.54, 1.807) is 0 Å². The summed E-state index contributed by atoms with van der Waals surface area (Å²) in [6.07, 6.45) is 0. The van der Waals surface area contributed by atoms with Gasteiger partial charge in [0, 0.05) is 5.39 Å². The van der Waals surface area contributed by atoms with Crippen molar-refractivity contribution in [1.82, 2.24) is 10.4 Å². The van der Waals surface area contributed by atoms with Gasteiger partial charge in [-0.2, -0.15) is 0 Å². The smallest absolute Gasteiger partial charge is 0.0881 e. The average molecular weight is 263 g/mol. The van der Waals surface area contributed by atoms with E-state index in [1.807, 2.05) is 30.3 Å². The number of hydrogen-bond acceptors (Lipinski definition) is 3. The lowest BCUT2D eigenvalue weighted by Crippen LogP contribution is -2.29. The number of nitrogens with zero attached hydrogens (tertiary/aromatic N) is 1. The number of aromatic nitrogens is 1. The molecular formula is C17H17N3. The van der Waals surface area contributed by atoms with E-state index in [1.165, 1.54) is 5.56 Å². The molecule has 2 aromatic carbocycles. The summed E-state index contributed by atoms with van der Waals surface area (Å²) < 4.78 is 0. The van der Waals surface area contributed by atoms with Crippen LogP contribution in [0.1, 0.15) is 22.9 Å². The number of rotatable bonds is 3. The molecule has 0 saturated carbocycles. The van der Waals surface area contributed by atoms with Gasteiger partial charge in [-0.25, -0.2) is 5.43 Å². The van der Waals surface area contributed by atoms with Crippen molar-refractivity contribution in [3.63, 3.8) is 0 Å². The Morgan fingerprint density at radius 3 is 2.65 bits per heavy atom. The molecule has 0 saturated heterocycles. The van der Waals surface area contributed by atoms with Gasteiger partial charge < -0.3 is 0 Å². The summed E-state index contributed by atoms with van der Waals surface area (Å²) in [7, 11) is 0. The van der Waals surface area contributed by atoms with Crippen LogP contribution in [0.25, 0.3) is 10.9 Å². The minimum absolute atomic E-state index is 0.0977. The number of fused-ring (bicyclic) bond motifs is 1. The quantitative estimate of drug-likeness (QED) is 0.564. The average Bonchev–Trinajstić information content (AvgIpc) is 2.48. The molecule has 3 heteroatoms. The Hall–Kier alpha value is -2.23. The Morgan fingerprint density at radius 2 is 1.85 bits per heavy atom. The van der Waals surface area contributed by atoms with Gasteiger partial charge in [-0.1, -0.05) is 54.1 Å². The summed E-state index contributed by atoms with van der Waals surface area (Å²) in [5, 5.41) is 1.14. The number of para-hydroxylation sites is 1. The maximum atomic E-state index is 5.74. The summed E-state index contributed by atoms with van der Waals surface area (Å²) in [5.74, 6) is 5.74. The summed E-state index contributed by atoms with van der Waals surface area (Å²) in [6.45, 7) is 2.07. The van der Waals surface area contributed by atoms with Crippen molar-refractivity contribution in [3.8, 4) is 0 Å². The molecule has 1 unspecified atom stereocenters. The first-order chi connectivity index (χ1) is 9.78. The Morgan fingerprint density at radius 1 is 1.00 bits per heavy atom. The third-order valence-electron chi connectivity index (χ3n) is 3.46. The predicted molar refractivity (Wildman–Crippen MR) is 82.1 cm³/mol. The summed E-state index contributed by atoms with van der Waals surface area (Å²) in [6, 6.07) is 20.4. The monoisotopic (exact) mass is 263 g/mol. The molecule has 0 bridgehead atoms. The zero-order chi connectivity index (χ0) is 13.9. The highest BCUT2D eigenvalue weighted by Gasteiger charge is 2.14. The van der Waals surface area contributed by atoms with Crippen LogP contribution < -0.4 is 11.3 Å². The van der Waals surface area contributed by atoms with E-state index >= 15 is 0 Å². The van der Waals surface area contributed by atoms with Crippen LogP contribution in [0, 0.1) is 6.92 Å².